The predicted octanol–water partition coefficient (Wildman–Crippen LogP) is 0.189. The van der Waals surface area contributed by atoms with Gasteiger partial charge in [-0.05, 0) is 0 Å². The van der Waals surface area contributed by atoms with E-state index in [-0.39, 0.29) is 25.0 Å². The lowest BCUT2D eigenvalue weighted by atomic mass is 10.4. The van der Waals surface area contributed by atoms with Crippen molar-refractivity contribution in [2.24, 2.45) is 0 Å². The fourth-order valence-electron chi connectivity index (χ4n) is 0.784. The zero-order chi connectivity index (χ0) is 11.9. The van der Waals surface area contributed by atoms with E-state index in [1.54, 1.807) is 0 Å². The lowest BCUT2D eigenvalue weighted by Crippen LogP contribution is -2.38. The number of quaternary nitrogens is 1. The molecule has 0 amide bonds. The van der Waals surface area contributed by atoms with E-state index in [0.29, 0.717) is 6.61 Å². The number of hydrogen-bond donors (Lipinski definition) is 0. The number of carbonyl (C=O) groups is 2. The van der Waals surface area contributed by atoms with E-state index in [0.717, 1.165) is 11.0 Å². The van der Waals surface area contributed by atoms with Gasteiger partial charge in [-0.1, -0.05) is 0 Å². The van der Waals surface area contributed by atoms with E-state index >= 15 is 0 Å². The highest BCUT2D eigenvalue weighted by atomic mass is 16.5. The molecule has 88 valence electrons. The molecule has 0 aliphatic heterocycles. The van der Waals surface area contributed by atoms with E-state index in [1.807, 2.05) is 21.1 Å². The second kappa shape index (κ2) is 6.40. The zero-order valence-electron chi connectivity index (χ0n) is 9.91. The summed E-state index contributed by atoms with van der Waals surface area (Å²) in [6, 6.07) is 0. The van der Waals surface area contributed by atoms with Crippen LogP contribution in [0.1, 0.15) is 13.3 Å². The molecule has 0 aliphatic rings. The third kappa shape index (κ3) is 10.8. The van der Waals surface area contributed by atoms with Gasteiger partial charge in [0.05, 0.1) is 27.6 Å². The molecule has 15 heavy (non-hydrogen) atoms. The van der Waals surface area contributed by atoms with Crippen molar-refractivity contribution < 1.29 is 23.5 Å². The van der Waals surface area contributed by atoms with Crippen molar-refractivity contribution in [3.63, 3.8) is 0 Å². The second-order valence-corrected chi connectivity index (χ2v) is 4.32. The number of likely N-dealkylation sites (N-methyl/N-ethyl adjacent to an activating group) is 1. The Morgan fingerprint density at radius 3 is 2.13 bits per heavy atom. The van der Waals surface area contributed by atoms with Gasteiger partial charge in [-0.25, -0.2) is 0 Å². The Morgan fingerprint density at radius 1 is 1.07 bits per heavy atom. The Morgan fingerprint density at radius 2 is 1.67 bits per heavy atom. The number of ether oxygens (including phenoxy) is 2. The minimum absolute atomic E-state index is 0.0958. The molecule has 0 spiro atoms. The fraction of sp³-hybridized carbons (Fsp3) is 0.800. The normalized spacial score (nSPS) is 10.9. The van der Waals surface area contributed by atoms with Crippen LogP contribution in [0.2, 0.25) is 0 Å². The molecule has 5 nitrogen and oxygen atoms in total. The van der Waals surface area contributed by atoms with E-state index in [9.17, 15) is 9.59 Å². The van der Waals surface area contributed by atoms with Crippen LogP contribution >= 0.6 is 0 Å². The number of esters is 2. The lowest BCUT2D eigenvalue weighted by Gasteiger charge is -2.23. The highest BCUT2D eigenvalue weighted by Crippen LogP contribution is 1.93. The maximum absolute atomic E-state index is 11.1. The molecule has 0 aromatic carbocycles. The first-order valence-electron chi connectivity index (χ1n) is 4.91. The third-order valence-electron chi connectivity index (χ3n) is 1.64. The van der Waals surface area contributed by atoms with Crippen LogP contribution in [-0.2, 0) is 19.1 Å². The average molecular weight is 218 g/mol. The zero-order valence-corrected chi connectivity index (χ0v) is 9.91. The molecular formula is C10H20NO4+. The van der Waals surface area contributed by atoms with Gasteiger partial charge in [0.25, 0.3) is 0 Å². The minimum Gasteiger partial charge on any atom is -0.465 e. The number of hydrogen-bond acceptors (Lipinski definition) is 4. The van der Waals surface area contributed by atoms with Gasteiger partial charge in [0.2, 0.25) is 0 Å². The van der Waals surface area contributed by atoms with Crippen LogP contribution in [0.4, 0.5) is 0 Å². The monoisotopic (exact) mass is 218 g/mol. The molecule has 0 rings (SSSR count). The minimum atomic E-state index is -0.380. The van der Waals surface area contributed by atoms with Crippen molar-refractivity contribution in [2.75, 3.05) is 40.9 Å². The first-order valence-corrected chi connectivity index (χ1v) is 4.91. The largest absolute Gasteiger partial charge is 0.465 e. The topological polar surface area (TPSA) is 52.6 Å². The summed E-state index contributed by atoms with van der Waals surface area (Å²) in [5, 5.41) is 0. The van der Waals surface area contributed by atoms with Gasteiger partial charge < -0.3 is 14.0 Å². The van der Waals surface area contributed by atoms with Crippen molar-refractivity contribution in [1.29, 1.82) is 0 Å². The molecule has 0 heterocycles. The smallest absolute Gasteiger partial charge is 0.309 e. The summed E-state index contributed by atoms with van der Waals surface area (Å²) < 4.78 is 10.3. The molecular weight excluding hydrogens is 198 g/mol. The summed E-state index contributed by atoms with van der Waals surface area (Å²) in [7, 11) is 6.06. The molecule has 0 atom stereocenters. The van der Waals surface area contributed by atoms with Crippen molar-refractivity contribution in [2.45, 2.75) is 13.3 Å². The molecule has 0 radical (unpaired) electrons. The summed E-state index contributed by atoms with van der Waals surface area (Å²) in [4.78, 5) is 21.5. The molecule has 0 fully saturated rings. The molecule has 0 bridgehead atoms. The number of nitrogens with zero attached hydrogens (tertiary/aromatic N) is 1. The van der Waals surface area contributed by atoms with Gasteiger partial charge in [-0.2, -0.15) is 0 Å². The van der Waals surface area contributed by atoms with E-state index < -0.39 is 0 Å². The van der Waals surface area contributed by atoms with E-state index in [1.165, 1.54) is 6.92 Å². The molecule has 5 heteroatoms. The van der Waals surface area contributed by atoms with Crippen molar-refractivity contribution in [3.8, 4) is 0 Å². The molecule has 0 N–H and O–H groups in total. The lowest BCUT2D eigenvalue weighted by molar-refractivity contribution is -0.870. The Labute approximate surface area is 90.5 Å². The summed E-state index contributed by atoms with van der Waals surface area (Å²) in [6.45, 7) is 2.56. The van der Waals surface area contributed by atoms with Gasteiger partial charge in [-0.3, -0.25) is 9.59 Å². The summed E-state index contributed by atoms with van der Waals surface area (Å²) in [6.07, 6.45) is 0.122. The SMILES string of the molecule is CC(=O)OCCC(=O)OCC[N+](C)(C)C. The van der Waals surface area contributed by atoms with Crippen LogP contribution in [0.15, 0.2) is 0 Å². The summed E-state index contributed by atoms with van der Waals surface area (Å²) in [5.41, 5.74) is 0. The van der Waals surface area contributed by atoms with E-state index in [2.05, 4.69) is 4.74 Å². The molecule has 0 saturated carbocycles. The number of rotatable bonds is 6. The first kappa shape index (κ1) is 13.9. The highest BCUT2D eigenvalue weighted by Gasteiger charge is 2.09. The second-order valence-electron chi connectivity index (χ2n) is 4.32. The van der Waals surface area contributed by atoms with Crippen LogP contribution in [0.5, 0.6) is 0 Å². The molecule has 0 unspecified atom stereocenters. The summed E-state index contributed by atoms with van der Waals surface area (Å²) in [5.74, 6) is -0.709. The maximum atomic E-state index is 11.1. The first-order chi connectivity index (χ1) is 6.81. The average Bonchev–Trinajstić information content (AvgIpc) is 2.00. The van der Waals surface area contributed by atoms with Gasteiger partial charge >= 0.3 is 11.9 Å². The van der Waals surface area contributed by atoms with Crippen LogP contribution in [-0.4, -0.2) is 57.3 Å². The summed E-state index contributed by atoms with van der Waals surface area (Å²) >= 11 is 0. The fourth-order valence-corrected chi connectivity index (χ4v) is 0.784. The van der Waals surface area contributed by atoms with Crippen LogP contribution in [0.3, 0.4) is 0 Å². The Kier molecular flexibility index (Phi) is 5.93. The van der Waals surface area contributed by atoms with Crippen LogP contribution < -0.4 is 0 Å². The van der Waals surface area contributed by atoms with Gasteiger partial charge in [0.15, 0.2) is 0 Å². The third-order valence-corrected chi connectivity index (χ3v) is 1.64. The quantitative estimate of drug-likeness (QED) is 0.472. The molecule has 0 saturated heterocycles. The van der Waals surface area contributed by atoms with Crippen molar-refractivity contribution in [1.82, 2.24) is 0 Å². The van der Waals surface area contributed by atoms with Crippen LogP contribution in [0.25, 0.3) is 0 Å². The standard InChI is InChI=1S/C10H20NO4/c1-9(12)14-7-5-10(13)15-8-6-11(2,3)4/h5-8H2,1-4H3/q+1. The Hall–Kier alpha value is -1.10. The van der Waals surface area contributed by atoms with Gasteiger partial charge in [0, 0.05) is 6.92 Å². The maximum Gasteiger partial charge on any atom is 0.309 e. The molecule has 0 aromatic rings. The van der Waals surface area contributed by atoms with Crippen molar-refractivity contribution >= 4 is 11.9 Å². The molecule has 0 aromatic heterocycles. The predicted molar refractivity (Wildman–Crippen MR) is 55.1 cm³/mol. The Balaban J connectivity index is 3.46. The van der Waals surface area contributed by atoms with Gasteiger partial charge in [-0.15, -0.1) is 0 Å². The van der Waals surface area contributed by atoms with Crippen LogP contribution in [0, 0.1) is 0 Å². The number of carbonyl (C=O) groups excluding carboxylic acids is 2. The molecule has 0 aliphatic carbocycles. The van der Waals surface area contributed by atoms with E-state index in [4.69, 9.17) is 4.74 Å². The Bertz CT molecular complexity index is 220. The highest BCUT2D eigenvalue weighted by molar-refractivity contribution is 5.70. The van der Waals surface area contributed by atoms with Gasteiger partial charge in [0.1, 0.15) is 19.8 Å². The van der Waals surface area contributed by atoms with Crippen molar-refractivity contribution in [3.05, 3.63) is 0 Å².